The number of carbonyl (C=O) groups excluding carboxylic acids is 2. The number of amides is 2. The van der Waals surface area contributed by atoms with E-state index in [2.05, 4.69) is 5.32 Å². The molecule has 1 aliphatic rings. The van der Waals surface area contributed by atoms with Crippen molar-refractivity contribution in [3.8, 4) is 5.75 Å². The van der Waals surface area contributed by atoms with Gasteiger partial charge in [0.05, 0.1) is 10.0 Å². The molecule has 0 saturated carbocycles. The zero-order valence-corrected chi connectivity index (χ0v) is 17.4. The Bertz CT molecular complexity index is 668. The minimum Gasteiger partial charge on any atom is -0.484 e. The van der Waals surface area contributed by atoms with Crippen LogP contribution in [0.2, 0.25) is 10.0 Å². The Labute approximate surface area is 170 Å². The average Bonchev–Trinajstić information content (AvgIpc) is 2.59. The Morgan fingerprint density at radius 1 is 1.19 bits per heavy atom. The van der Waals surface area contributed by atoms with E-state index >= 15 is 0 Å². The summed E-state index contributed by atoms with van der Waals surface area (Å²) in [6.45, 7) is 7.29. The zero-order valence-electron chi connectivity index (χ0n) is 15.9. The van der Waals surface area contributed by atoms with Crippen molar-refractivity contribution in [1.82, 2.24) is 10.2 Å². The lowest BCUT2D eigenvalue weighted by Crippen LogP contribution is -2.43. The summed E-state index contributed by atoms with van der Waals surface area (Å²) in [4.78, 5) is 25.8. The van der Waals surface area contributed by atoms with Crippen LogP contribution in [-0.2, 0) is 9.53 Å². The van der Waals surface area contributed by atoms with Crippen molar-refractivity contribution in [2.75, 3.05) is 26.2 Å². The van der Waals surface area contributed by atoms with Gasteiger partial charge in [0.15, 0.2) is 6.61 Å². The molecule has 0 radical (unpaired) electrons. The van der Waals surface area contributed by atoms with Crippen molar-refractivity contribution in [2.24, 2.45) is 5.92 Å². The normalized spacial score (nSPS) is 15.4. The van der Waals surface area contributed by atoms with E-state index in [9.17, 15) is 9.59 Å². The van der Waals surface area contributed by atoms with E-state index in [1.54, 1.807) is 23.1 Å². The summed E-state index contributed by atoms with van der Waals surface area (Å²) >= 11 is 11.8. The number of piperidine rings is 1. The molecule has 1 aliphatic heterocycles. The van der Waals surface area contributed by atoms with Crippen molar-refractivity contribution >= 4 is 35.2 Å². The average molecular weight is 417 g/mol. The van der Waals surface area contributed by atoms with E-state index in [0.29, 0.717) is 41.3 Å². The predicted octanol–water partition coefficient (Wildman–Crippen LogP) is 4.14. The Hall–Kier alpha value is -1.66. The van der Waals surface area contributed by atoms with Crippen LogP contribution in [0.3, 0.4) is 0 Å². The van der Waals surface area contributed by atoms with Crippen LogP contribution in [0.25, 0.3) is 0 Å². The molecule has 1 N–H and O–H groups in total. The first-order valence-electron chi connectivity index (χ1n) is 8.96. The number of hydrogen-bond donors (Lipinski definition) is 1. The van der Waals surface area contributed by atoms with Gasteiger partial charge in [0.1, 0.15) is 11.4 Å². The molecule has 0 bridgehead atoms. The van der Waals surface area contributed by atoms with Crippen LogP contribution in [0.15, 0.2) is 18.2 Å². The molecule has 0 unspecified atom stereocenters. The Morgan fingerprint density at radius 3 is 2.44 bits per heavy atom. The van der Waals surface area contributed by atoms with Crippen molar-refractivity contribution in [1.29, 1.82) is 0 Å². The monoisotopic (exact) mass is 416 g/mol. The van der Waals surface area contributed by atoms with Crippen LogP contribution in [0, 0.1) is 5.92 Å². The van der Waals surface area contributed by atoms with Gasteiger partial charge in [0, 0.05) is 25.7 Å². The van der Waals surface area contributed by atoms with Crippen LogP contribution < -0.4 is 10.1 Å². The minimum atomic E-state index is -0.506. The van der Waals surface area contributed by atoms with Crippen molar-refractivity contribution in [3.05, 3.63) is 28.2 Å². The molecule has 27 heavy (non-hydrogen) atoms. The van der Waals surface area contributed by atoms with Gasteiger partial charge in [-0.15, -0.1) is 0 Å². The molecule has 1 aromatic carbocycles. The first kappa shape index (κ1) is 21.6. The maximum absolute atomic E-state index is 12.3. The highest BCUT2D eigenvalue weighted by Crippen LogP contribution is 2.26. The van der Waals surface area contributed by atoms with E-state index in [4.69, 9.17) is 32.7 Å². The fraction of sp³-hybridized carbons (Fsp3) is 0.579. The van der Waals surface area contributed by atoms with Crippen molar-refractivity contribution in [3.63, 3.8) is 0 Å². The fourth-order valence-electron chi connectivity index (χ4n) is 2.73. The first-order valence-corrected chi connectivity index (χ1v) is 9.72. The van der Waals surface area contributed by atoms with Gasteiger partial charge in [0.25, 0.3) is 5.91 Å². The molecule has 1 saturated heterocycles. The minimum absolute atomic E-state index is 0.0429. The second-order valence-corrected chi connectivity index (χ2v) is 8.39. The van der Waals surface area contributed by atoms with Crippen LogP contribution in [0.1, 0.15) is 33.6 Å². The summed E-state index contributed by atoms with van der Waals surface area (Å²) in [6, 6.07) is 4.90. The third-order valence-corrected chi connectivity index (χ3v) is 4.89. The quantitative estimate of drug-likeness (QED) is 0.782. The number of halogens is 2. The van der Waals surface area contributed by atoms with Gasteiger partial charge in [-0.3, -0.25) is 4.79 Å². The van der Waals surface area contributed by atoms with Gasteiger partial charge in [-0.25, -0.2) is 4.79 Å². The van der Waals surface area contributed by atoms with Crippen LogP contribution in [0.4, 0.5) is 4.79 Å². The summed E-state index contributed by atoms with van der Waals surface area (Å²) in [6.07, 6.45) is 1.25. The number of carbonyl (C=O) groups is 2. The molecular weight excluding hydrogens is 391 g/mol. The highest BCUT2D eigenvalue weighted by Gasteiger charge is 2.24. The number of hydrogen-bond acceptors (Lipinski definition) is 4. The number of alkyl carbamates (subject to hydrolysis) is 1. The molecule has 1 fully saturated rings. The smallest absolute Gasteiger partial charge is 0.407 e. The van der Waals surface area contributed by atoms with Crippen LogP contribution >= 0.6 is 23.2 Å². The van der Waals surface area contributed by atoms with E-state index < -0.39 is 11.7 Å². The Morgan fingerprint density at radius 2 is 1.85 bits per heavy atom. The summed E-state index contributed by atoms with van der Waals surface area (Å²) in [5.41, 5.74) is -0.506. The maximum Gasteiger partial charge on any atom is 0.407 e. The van der Waals surface area contributed by atoms with Crippen molar-refractivity contribution in [2.45, 2.75) is 39.2 Å². The molecule has 150 valence electrons. The lowest BCUT2D eigenvalue weighted by Gasteiger charge is -2.32. The lowest BCUT2D eigenvalue weighted by molar-refractivity contribution is -0.134. The third kappa shape index (κ3) is 7.46. The molecule has 6 nitrogen and oxygen atoms in total. The molecule has 0 atom stereocenters. The highest BCUT2D eigenvalue weighted by atomic mass is 35.5. The van der Waals surface area contributed by atoms with E-state index in [-0.39, 0.29) is 12.5 Å². The van der Waals surface area contributed by atoms with Gasteiger partial charge in [0.2, 0.25) is 0 Å². The third-order valence-electron chi connectivity index (χ3n) is 4.15. The van der Waals surface area contributed by atoms with Crippen LogP contribution in [0.5, 0.6) is 5.75 Å². The molecule has 8 heteroatoms. The number of rotatable bonds is 5. The number of nitrogens with one attached hydrogen (secondary N) is 1. The molecular formula is C19H26Cl2N2O4. The van der Waals surface area contributed by atoms with Gasteiger partial charge in [-0.1, -0.05) is 23.2 Å². The van der Waals surface area contributed by atoms with Gasteiger partial charge < -0.3 is 19.7 Å². The standard InChI is InChI=1S/C19H26Cl2N2O4/c1-19(2,3)27-18(25)22-11-13-6-8-23(9-7-13)17(24)12-26-14-4-5-15(20)16(21)10-14/h4-5,10,13H,6-9,11-12H2,1-3H3,(H,22,25). The lowest BCUT2D eigenvalue weighted by atomic mass is 9.97. The number of ether oxygens (including phenoxy) is 2. The van der Waals surface area contributed by atoms with Gasteiger partial charge in [-0.05, 0) is 51.7 Å². The molecule has 2 amide bonds. The maximum atomic E-state index is 12.3. The van der Waals surface area contributed by atoms with E-state index in [0.717, 1.165) is 12.8 Å². The molecule has 2 rings (SSSR count). The predicted molar refractivity (Wildman–Crippen MR) is 105 cm³/mol. The molecule has 0 aromatic heterocycles. The van der Waals surface area contributed by atoms with E-state index in [1.165, 1.54) is 0 Å². The fourth-order valence-corrected chi connectivity index (χ4v) is 3.02. The SMILES string of the molecule is CC(C)(C)OC(=O)NCC1CCN(C(=O)COc2ccc(Cl)c(Cl)c2)CC1. The number of nitrogens with zero attached hydrogens (tertiary/aromatic N) is 1. The summed E-state index contributed by atoms with van der Waals surface area (Å²) in [5, 5.41) is 3.63. The first-order chi connectivity index (χ1) is 12.6. The Kier molecular flexibility index (Phi) is 7.62. The van der Waals surface area contributed by atoms with Gasteiger partial charge >= 0.3 is 6.09 Å². The second-order valence-electron chi connectivity index (χ2n) is 7.57. The zero-order chi connectivity index (χ0) is 20.0. The number of benzene rings is 1. The van der Waals surface area contributed by atoms with Gasteiger partial charge in [-0.2, -0.15) is 0 Å². The molecule has 0 spiro atoms. The summed E-state index contributed by atoms with van der Waals surface area (Å²) in [5.74, 6) is 0.770. The van der Waals surface area contributed by atoms with Crippen molar-refractivity contribution < 1.29 is 19.1 Å². The molecule has 1 aromatic rings. The van der Waals surface area contributed by atoms with E-state index in [1.807, 2.05) is 20.8 Å². The highest BCUT2D eigenvalue weighted by molar-refractivity contribution is 6.42. The molecule has 0 aliphatic carbocycles. The largest absolute Gasteiger partial charge is 0.484 e. The molecule has 1 heterocycles. The summed E-state index contributed by atoms with van der Waals surface area (Å²) < 4.78 is 10.7. The topological polar surface area (TPSA) is 67.9 Å². The summed E-state index contributed by atoms with van der Waals surface area (Å²) in [7, 11) is 0. The Balaban J connectivity index is 1.69. The number of likely N-dealkylation sites (tertiary alicyclic amines) is 1. The van der Waals surface area contributed by atoms with Crippen LogP contribution in [-0.4, -0.2) is 48.7 Å². The second kappa shape index (κ2) is 9.51.